The number of benzene rings is 1. The standard InChI is InChI=1S/C18H14F2N2O5S/c1-3-26-18(24)16-15(25-2)14(23)11(8-27-16)17-22-21-13(28-17)6-9-4-5-10(19)7-12(9)20/h4-5,7-8H,3,6H2,1-2H3. The van der Waals surface area contributed by atoms with Crippen LogP contribution in [-0.4, -0.2) is 29.9 Å². The van der Waals surface area contributed by atoms with E-state index in [-0.39, 0.29) is 40.7 Å². The summed E-state index contributed by atoms with van der Waals surface area (Å²) in [5.41, 5.74) is -0.341. The molecular formula is C18H14F2N2O5S. The van der Waals surface area contributed by atoms with Gasteiger partial charge in [0, 0.05) is 12.5 Å². The highest BCUT2D eigenvalue weighted by Crippen LogP contribution is 2.26. The van der Waals surface area contributed by atoms with Crippen LogP contribution in [-0.2, 0) is 11.2 Å². The number of esters is 1. The summed E-state index contributed by atoms with van der Waals surface area (Å²) in [6, 6.07) is 3.25. The van der Waals surface area contributed by atoms with Crippen molar-refractivity contribution >= 4 is 17.3 Å². The quantitative estimate of drug-likeness (QED) is 0.579. The molecule has 0 radical (unpaired) electrons. The molecule has 0 saturated heterocycles. The Labute approximate surface area is 161 Å². The molecule has 0 spiro atoms. The monoisotopic (exact) mass is 408 g/mol. The molecule has 0 fully saturated rings. The first-order chi connectivity index (χ1) is 13.4. The Morgan fingerprint density at radius 3 is 2.75 bits per heavy atom. The molecule has 2 aromatic heterocycles. The minimum atomic E-state index is -0.826. The van der Waals surface area contributed by atoms with E-state index in [1.807, 2.05) is 0 Å². The summed E-state index contributed by atoms with van der Waals surface area (Å²) in [5.74, 6) is -2.86. The lowest BCUT2D eigenvalue weighted by Gasteiger charge is -2.06. The molecule has 0 amide bonds. The van der Waals surface area contributed by atoms with Gasteiger partial charge >= 0.3 is 5.97 Å². The summed E-state index contributed by atoms with van der Waals surface area (Å²) in [4.78, 5) is 24.5. The van der Waals surface area contributed by atoms with Gasteiger partial charge in [-0.05, 0) is 18.6 Å². The molecule has 28 heavy (non-hydrogen) atoms. The molecule has 0 bridgehead atoms. The molecule has 0 saturated carbocycles. The molecule has 1 aromatic carbocycles. The van der Waals surface area contributed by atoms with Gasteiger partial charge in [-0.2, -0.15) is 0 Å². The highest BCUT2D eigenvalue weighted by molar-refractivity contribution is 7.14. The van der Waals surface area contributed by atoms with Gasteiger partial charge in [0.15, 0.2) is 5.01 Å². The second-order valence-corrected chi connectivity index (χ2v) is 6.54. The van der Waals surface area contributed by atoms with E-state index in [1.54, 1.807) is 6.92 Å². The highest BCUT2D eigenvalue weighted by Gasteiger charge is 2.24. The van der Waals surface area contributed by atoms with Crippen molar-refractivity contribution in [2.75, 3.05) is 13.7 Å². The number of nitrogens with zero attached hydrogens (tertiary/aromatic N) is 2. The molecule has 0 N–H and O–H groups in total. The Kier molecular flexibility index (Phi) is 5.78. The van der Waals surface area contributed by atoms with Crippen molar-refractivity contribution in [2.45, 2.75) is 13.3 Å². The van der Waals surface area contributed by atoms with Crippen LogP contribution in [0, 0.1) is 11.6 Å². The number of aromatic nitrogens is 2. The fourth-order valence-electron chi connectivity index (χ4n) is 2.38. The number of hydrogen-bond acceptors (Lipinski definition) is 8. The zero-order chi connectivity index (χ0) is 20.3. The minimum Gasteiger partial charge on any atom is -0.489 e. The number of rotatable bonds is 6. The number of halogens is 2. The lowest BCUT2D eigenvalue weighted by Crippen LogP contribution is -2.15. The minimum absolute atomic E-state index is 0.0354. The first-order valence-electron chi connectivity index (χ1n) is 8.08. The van der Waals surface area contributed by atoms with E-state index in [1.165, 1.54) is 13.2 Å². The summed E-state index contributed by atoms with van der Waals surface area (Å²) in [6.45, 7) is 1.72. The third-order valence-electron chi connectivity index (χ3n) is 3.67. The van der Waals surface area contributed by atoms with Gasteiger partial charge < -0.3 is 13.9 Å². The van der Waals surface area contributed by atoms with Gasteiger partial charge in [-0.15, -0.1) is 10.2 Å². The van der Waals surface area contributed by atoms with Crippen LogP contribution in [0.5, 0.6) is 5.75 Å². The Bertz CT molecular complexity index is 1080. The number of carbonyl (C=O) groups excluding carboxylic acids is 1. The maximum atomic E-state index is 13.8. The van der Waals surface area contributed by atoms with E-state index in [9.17, 15) is 18.4 Å². The summed E-state index contributed by atoms with van der Waals surface area (Å²) >= 11 is 1.04. The molecule has 0 atom stereocenters. The fraction of sp³-hybridized carbons (Fsp3) is 0.222. The average molecular weight is 408 g/mol. The van der Waals surface area contributed by atoms with Crippen molar-refractivity contribution < 1.29 is 27.5 Å². The van der Waals surface area contributed by atoms with Gasteiger partial charge in [0.1, 0.15) is 22.9 Å². The van der Waals surface area contributed by atoms with E-state index in [2.05, 4.69) is 10.2 Å². The van der Waals surface area contributed by atoms with Crippen molar-refractivity contribution in [3.8, 4) is 16.3 Å². The molecule has 0 aliphatic heterocycles. The van der Waals surface area contributed by atoms with Crippen LogP contribution in [0.25, 0.3) is 10.6 Å². The third-order valence-corrected chi connectivity index (χ3v) is 4.63. The zero-order valence-corrected chi connectivity index (χ0v) is 15.6. The lowest BCUT2D eigenvalue weighted by molar-refractivity contribution is 0.0481. The van der Waals surface area contributed by atoms with E-state index in [0.29, 0.717) is 5.01 Å². The smallest absolute Gasteiger partial charge is 0.378 e. The van der Waals surface area contributed by atoms with E-state index in [4.69, 9.17) is 13.9 Å². The first kappa shape index (κ1) is 19.6. The van der Waals surface area contributed by atoms with Crippen LogP contribution < -0.4 is 10.2 Å². The largest absolute Gasteiger partial charge is 0.489 e. The van der Waals surface area contributed by atoms with Crippen molar-refractivity contribution in [1.29, 1.82) is 0 Å². The number of hydrogen-bond donors (Lipinski definition) is 0. The maximum absolute atomic E-state index is 13.8. The second-order valence-electron chi connectivity index (χ2n) is 5.47. The van der Waals surface area contributed by atoms with E-state index < -0.39 is 23.0 Å². The fourth-order valence-corrected chi connectivity index (χ4v) is 3.25. The Morgan fingerprint density at radius 2 is 2.07 bits per heavy atom. The molecule has 146 valence electrons. The molecule has 0 aliphatic carbocycles. The molecule has 0 aliphatic rings. The number of methoxy groups -OCH3 is 1. The number of ether oxygens (including phenoxy) is 2. The zero-order valence-electron chi connectivity index (χ0n) is 14.8. The predicted octanol–water partition coefficient (Wildman–Crippen LogP) is 3.21. The Hall–Kier alpha value is -3.14. The molecule has 0 unspecified atom stereocenters. The molecule has 3 aromatic rings. The first-order valence-corrected chi connectivity index (χ1v) is 8.89. The van der Waals surface area contributed by atoms with Crippen LogP contribution in [0.3, 0.4) is 0 Å². The van der Waals surface area contributed by atoms with E-state index >= 15 is 0 Å². The molecule has 7 nitrogen and oxygen atoms in total. The van der Waals surface area contributed by atoms with Gasteiger partial charge in [0.2, 0.25) is 11.2 Å². The SMILES string of the molecule is CCOC(=O)c1occ(-c2nnc(Cc3ccc(F)cc3F)s2)c(=O)c1OC. The third kappa shape index (κ3) is 3.91. The molecule has 2 heterocycles. The highest BCUT2D eigenvalue weighted by atomic mass is 32.1. The van der Waals surface area contributed by atoms with Crippen molar-refractivity contribution in [1.82, 2.24) is 10.2 Å². The van der Waals surface area contributed by atoms with Crippen molar-refractivity contribution in [2.24, 2.45) is 0 Å². The van der Waals surface area contributed by atoms with E-state index in [0.717, 1.165) is 29.7 Å². The van der Waals surface area contributed by atoms with Crippen LogP contribution >= 0.6 is 11.3 Å². The van der Waals surface area contributed by atoms with Crippen molar-refractivity contribution in [3.05, 3.63) is 62.7 Å². The summed E-state index contributed by atoms with van der Waals surface area (Å²) in [5, 5.41) is 8.47. The van der Waals surface area contributed by atoms with Gasteiger partial charge in [-0.25, -0.2) is 13.6 Å². The summed E-state index contributed by atoms with van der Waals surface area (Å²) in [7, 11) is 1.22. The maximum Gasteiger partial charge on any atom is 0.378 e. The molecule has 10 heteroatoms. The van der Waals surface area contributed by atoms with Crippen LogP contribution in [0.2, 0.25) is 0 Å². The Morgan fingerprint density at radius 1 is 1.29 bits per heavy atom. The van der Waals surface area contributed by atoms with Gasteiger partial charge in [0.25, 0.3) is 5.76 Å². The molecular weight excluding hydrogens is 394 g/mol. The van der Waals surface area contributed by atoms with Crippen molar-refractivity contribution in [3.63, 3.8) is 0 Å². The average Bonchev–Trinajstić information content (AvgIpc) is 3.12. The lowest BCUT2D eigenvalue weighted by atomic mass is 10.1. The van der Waals surface area contributed by atoms with Gasteiger partial charge in [-0.3, -0.25) is 4.79 Å². The predicted molar refractivity (Wildman–Crippen MR) is 95.6 cm³/mol. The normalized spacial score (nSPS) is 10.7. The summed E-state index contributed by atoms with van der Waals surface area (Å²) < 4.78 is 41.9. The number of carbonyl (C=O) groups is 1. The Balaban J connectivity index is 1.92. The van der Waals surface area contributed by atoms with Gasteiger partial charge in [-0.1, -0.05) is 17.4 Å². The van der Waals surface area contributed by atoms with Gasteiger partial charge in [0.05, 0.1) is 19.3 Å². The summed E-state index contributed by atoms with van der Waals surface area (Å²) in [6.07, 6.45) is 1.15. The topological polar surface area (TPSA) is 91.5 Å². The van der Waals surface area contributed by atoms with Crippen LogP contribution in [0.4, 0.5) is 8.78 Å². The van der Waals surface area contributed by atoms with Crippen LogP contribution in [0.15, 0.2) is 33.7 Å². The molecule has 3 rings (SSSR count). The second kappa shape index (κ2) is 8.26. The van der Waals surface area contributed by atoms with Crippen LogP contribution in [0.1, 0.15) is 28.0 Å².